The summed E-state index contributed by atoms with van der Waals surface area (Å²) in [5, 5.41) is 6.18. The van der Waals surface area contributed by atoms with Crippen LogP contribution in [0.5, 0.6) is 5.75 Å². The van der Waals surface area contributed by atoms with Crippen LogP contribution in [0.3, 0.4) is 0 Å². The summed E-state index contributed by atoms with van der Waals surface area (Å²) in [6, 6.07) is 13.8. The summed E-state index contributed by atoms with van der Waals surface area (Å²) in [6.45, 7) is 7.47. The molecule has 4 rings (SSSR count). The van der Waals surface area contributed by atoms with Crippen molar-refractivity contribution in [2.75, 3.05) is 37.9 Å². The van der Waals surface area contributed by atoms with Crippen molar-refractivity contribution >= 4 is 23.2 Å². The van der Waals surface area contributed by atoms with Crippen LogP contribution < -0.4 is 15.4 Å². The van der Waals surface area contributed by atoms with Gasteiger partial charge in [-0.3, -0.25) is 4.79 Å². The van der Waals surface area contributed by atoms with Gasteiger partial charge in [0.05, 0.1) is 5.69 Å². The maximum atomic E-state index is 11.6. The quantitative estimate of drug-likeness (QED) is 0.552. The Labute approximate surface area is 195 Å². The normalized spacial score (nSPS) is 13.8. The van der Waals surface area contributed by atoms with Crippen LogP contribution in [-0.4, -0.2) is 48.0 Å². The Morgan fingerprint density at radius 1 is 1.12 bits per heavy atom. The molecule has 0 fully saturated rings. The molecule has 1 heterocycles. The van der Waals surface area contributed by atoms with Gasteiger partial charge in [-0.05, 0) is 73.5 Å². The van der Waals surface area contributed by atoms with Crippen LogP contribution >= 0.6 is 0 Å². The SMILES string of the molecule is CC(=O)Nc1ccc2c(c1)-c1nc(Nc3ccc(OCCN(C)C)cc3)ncc1CC2(C)C. The lowest BCUT2D eigenvalue weighted by Crippen LogP contribution is -2.26. The average Bonchev–Trinajstić information content (AvgIpc) is 2.74. The first-order valence-electron chi connectivity index (χ1n) is 11.1. The van der Waals surface area contributed by atoms with E-state index in [-0.39, 0.29) is 11.3 Å². The van der Waals surface area contributed by atoms with Gasteiger partial charge in [0, 0.05) is 36.6 Å². The highest BCUT2D eigenvalue weighted by atomic mass is 16.5. The van der Waals surface area contributed by atoms with Crippen LogP contribution in [0.2, 0.25) is 0 Å². The Bertz CT molecular complexity index is 1160. The zero-order valence-electron chi connectivity index (χ0n) is 19.9. The number of fused-ring (bicyclic) bond motifs is 3. The molecule has 0 radical (unpaired) electrons. The lowest BCUT2D eigenvalue weighted by Gasteiger charge is -2.33. The maximum Gasteiger partial charge on any atom is 0.227 e. The fraction of sp³-hybridized carbons (Fsp3) is 0.346. The highest BCUT2D eigenvalue weighted by molar-refractivity contribution is 5.90. The highest BCUT2D eigenvalue weighted by Crippen LogP contribution is 2.43. The van der Waals surface area contributed by atoms with Crippen molar-refractivity contribution in [2.24, 2.45) is 0 Å². The molecule has 1 aliphatic carbocycles. The average molecular weight is 446 g/mol. The van der Waals surface area contributed by atoms with E-state index in [0.29, 0.717) is 12.6 Å². The van der Waals surface area contributed by atoms with Crippen molar-refractivity contribution in [3.05, 3.63) is 59.8 Å². The van der Waals surface area contributed by atoms with Crippen LogP contribution in [0.1, 0.15) is 31.9 Å². The van der Waals surface area contributed by atoms with Crippen LogP contribution in [-0.2, 0) is 16.6 Å². The number of nitrogens with zero attached hydrogens (tertiary/aromatic N) is 3. The number of carbonyl (C=O) groups excluding carboxylic acids is 1. The van der Waals surface area contributed by atoms with Gasteiger partial charge in [0.1, 0.15) is 12.4 Å². The molecule has 7 nitrogen and oxygen atoms in total. The molecular weight excluding hydrogens is 414 g/mol. The number of ether oxygens (including phenoxy) is 1. The molecule has 1 aromatic heterocycles. The Morgan fingerprint density at radius 3 is 2.55 bits per heavy atom. The van der Waals surface area contributed by atoms with E-state index >= 15 is 0 Å². The molecular formula is C26H31N5O2. The molecule has 0 saturated carbocycles. The summed E-state index contributed by atoms with van der Waals surface area (Å²) in [5.74, 6) is 1.27. The van der Waals surface area contributed by atoms with Crippen LogP contribution in [0.4, 0.5) is 17.3 Å². The van der Waals surface area contributed by atoms with E-state index in [1.807, 2.05) is 56.7 Å². The molecule has 0 saturated heterocycles. The first kappa shape index (κ1) is 22.7. The molecule has 0 atom stereocenters. The van der Waals surface area contributed by atoms with Crippen LogP contribution in [0.15, 0.2) is 48.7 Å². The smallest absolute Gasteiger partial charge is 0.227 e. The van der Waals surface area contributed by atoms with Crippen molar-refractivity contribution < 1.29 is 9.53 Å². The van der Waals surface area contributed by atoms with Crippen LogP contribution in [0, 0.1) is 0 Å². The number of nitrogens with one attached hydrogen (secondary N) is 2. The summed E-state index contributed by atoms with van der Waals surface area (Å²) in [5.41, 5.74) is 5.86. The second-order valence-corrected chi connectivity index (χ2v) is 9.37. The van der Waals surface area contributed by atoms with E-state index in [1.165, 1.54) is 12.5 Å². The second-order valence-electron chi connectivity index (χ2n) is 9.37. The molecule has 1 aliphatic rings. The Hall–Kier alpha value is -3.45. The predicted octanol–water partition coefficient (Wildman–Crippen LogP) is 4.62. The lowest BCUT2D eigenvalue weighted by atomic mass is 9.72. The van der Waals surface area contributed by atoms with E-state index in [2.05, 4.69) is 40.4 Å². The molecule has 172 valence electrons. The van der Waals surface area contributed by atoms with Crippen molar-refractivity contribution in [3.8, 4) is 17.0 Å². The first-order valence-corrected chi connectivity index (χ1v) is 11.1. The van der Waals surface area contributed by atoms with E-state index in [4.69, 9.17) is 9.72 Å². The largest absolute Gasteiger partial charge is 0.492 e. The van der Waals surface area contributed by atoms with Crippen molar-refractivity contribution in [1.82, 2.24) is 14.9 Å². The molecule has 1 amide bonds. The molecule has 33 heavy (non-hydrogen) atoms. The molecule has 0 aliphatic heterocycles. The fourth-order valence-corrected chi connectivity index (χ4v) is 4.12. The van der Waals surface area contributed by atoms with Crippen molar-refractivity contribution in [1.29, 1.82) is 0 Å². The summed E-state index contributed by atoms with van der Waals surface area (Å²) in [4.78, 5) is 23.1. The maximum absolute atomic E-state index is 11.6. The Kier molecular flexibility index (Phi) is 6.33. The number of benzene rings is 2. The zero-order chi connectivity index (χ0) is 23.6. The summed E-state index contributed by atoms with van der Waals surface area (Å²) in [7, 11) is 4.05. The number of rotatable bonds is 7. The second kappa shape index (κ2) is 9.19. The summed E-state index contributed by atoms with van der Waals surface area (Å²) >= 11 is 0. The number of amides is 1. The Morgan fingerprint density at radius 2 is 1.85 bits per heavy atom. The van der Waals surface area contributed by atoms with Gasteiger partial charge in [-0.15, -0.1) is 0 Å². The van der Waals surface area contributed by atoms with E-state index in [1.54, 1.807) is 0 Å². The summed E-state index contributed by atoms with van der Waals surface area (Å²) < 4.78 is 5.76. The monoisotopic (exact) mass is 445 g/mol. The third-order valence-electron chi connectivity index (χ3n) is 5.74. The van der Waals surface area contributed by atoms with Gasteiger partial charge in [-0.25, -0.2) is 9.97 Å². The zero-order valence-corrected chi connectivity index (χ0v) is 19.9. The van der Waals surface area contributed by atoms with Gasteiger partial charge in [0.2, 0.25) is 11.9 Å². The number of hydrogen-bond acceptors (Lipinski definition) is 6. The number of carbonyl (C=O) groups is 1. The minimum Gasteiger partial charge on any atom is -0.492 e. The highest BCUT2D eigenvalue weighted by Gasteiger charge is 2.32. The van der Waals surface area contributed by atoms with E-state index < -0.39 is 0 Å². The van der Waals surface area contributed by atoms with Gasteiger partial charge < -0.3 is 20.3 Å². The van der Waals surface area contributed by atoms with Crippen LogP contribution in [0.25, 0.3) is 11.3 Å². The molecule has 0 bridgehead atoms. The van der Waals surface area contributed by atoms with Gasteiger partial charge >= 0.3 is 0 Å². The summed E-state index contributed by atoms with van der Waals surface area (Å²) in [6.07, 6.45) is 2.76. The molecule has 2 N–H and O–H groups in total. The molecule has 2 aromatic carbocycles. The molecule has 0 spiro atoms. The van der Waals surface area contributed by atoms with Gasteiger partial charge in [-0.2, -0.15) is 0 Å². The predicted molar refractivity (Wildman–Crippen MR) is 132 cm³/mol. The van der Waals surface area contributed by atoms with E-state index in [0.717, 1.165) is 46.9 Å². The molecule has 3 aromatic rings. The fourth-order valence-electron chi connectivity index (χ4n) is 4.12. The number of anilines is 3. The third-order valence-corrected chi connectivity index (χ3v) is 5.74. The standard InChI is InChI=1S/C26H31N5O2/c1-17(32)28-20-8-11-23-22(14-20)24-18(15-26(23,2)3)16-27-25(30-24)29-19-6-9-21(10-7-19)33-13-12-31(4)5/h6-11,14,16H,12-13,15H2,1-5H3,(H,28,32)(H,27,29,30). The number of hydrogen-bond donors (Lipinski definition) is 2. The molecule has 0 unspecified atom stereocenters. The van der Waals surface area contributed by atoms with E-state index in [9.17, 15) is 4.79 Å². The van der Waals surface area contributed by atoms with Gasteiger partial charge in [0.25, 0.3) is 0 Å². The van der Waals surface area contributed by atoms with Gasteiger partial charge in [-0.1, -0.05) is 19.9 Å². The van der Waals surface area contributed by atoms with Crippen molar-refractivity contribution in [3.63, 3.8) is 0 Å². The number of likely N-dealkylation sites (N-methyl/N-ethyl adjacent to an activating group) is 1. The van der Waals surface area contributed by atoms with Crippen molar-refractivity contribution in [2.45, 2.75) is 32.6 Å². The Balaban J connectivity index is 1.58. The molecule has 7 heteroatoms. The third kappa shape index (κ3) is 5.31. The minimum absolute atomic E-state index is 0.0438. The minimum atomic E-state index is -0.0931. The lowest BCUT2D eigenvalue weighted by molar-refractivity contribution is -0.114. The first-order chi connectivity index (χ1) is 15.7. The number of aromatic nitrogens is 2. The van der Waals surface area contributed by atoms with Gasteiger partial charge in [0.15, 0.2) is 0 Å². The topological polar surface area (TPSA) is 79.4 Å².